The predicted octanol–water partition coefficient (Wildman–Crippen LogP) is 0.887. The highest BCUT2D eigenvalue weighted by atomic mass is 35.5. The summed E-state index contributed by atoms with van der Waals surface area (Å²) in [5.74, 6) is 0.383. The molecule has 0 aliphatic heterocycles. The van der Waals surface area contributed by atoms with Gasteiger partial charge in [-0.2, -0.15) is 5.10 Å². The van der Waals surface area contributed by atoms with Crippen molar-refractivity contribution in [1.82, 2.24) is 14.7 Å². The van der Waals surface area contributed by atoms with E-state index in [0.29, 0.717) is 11.6 Å². The monoisotopic (exact) mass is 302 g/mol. The number of nitrogens with one attached hydrogen (secondary N) is 1. The van der Waals surface area contributed by atoms with E-state index in [2.05, 4.69) is 29.2 Å². The van der Waals surface area contributed by atoms with Crippen LogP contribution in [0.5, 0.6) is 0 Å². The maximum atomic E-state index is 12.0. The van der Waals surface area contributed by atoms with Gasteiger partial charge in [0.2, 0.25) is 0 Å². The Balaban J connectivity index is 2.96. The number of halogens is 1. The number of aromatic nitrogens is 2. The Kier molecular flexibility index (Phi) is 6.45. The van der Waals surface area contributed by atoms with Crippen LogP contribution in [0, 0.1) is 5.92 Å². The first-order chi connectivity index (χ1) is 9.36. The fraction of sp³-hybridized carbons (Fsp3) is 0.692. The van der Waals surface area contributed by atoms with Crippen molar-refractivity contribution >= 4 is 17.3 Å². The number of likely N-dealkylation sites (N-methyl/N-ethyl adjacent to an activating group) is 1. The highest BCUT2D eigenvalue weighted by Gasteiger charge is 2.17. The largest absolute Gasteiger partial charge is 0.394 e. The van der Waals surface area contributed by atoms with Crippen molar-refractivity contribution in [2.24, 2.45) is 5.92 Å². The zero-order chi connectivity index (χ0) is 15.3. The first-order valence-corrected chi connectivity index (χ1v) is 7.02. The van der Waals surface area contributed by atoms with Crippen molar-refractivity contribution in [3.8, 4) is 0 Å². The summed E-state index contributed by atoms with van der Waals surface area (Å²) in [6, 6.07) is 0.164. The standard InChI is InChI=1S/C13H23ClN4O2/c1-9(2)11(8-17(3)4)16-10-7-15-18(5-6-19)13(20)12(10)14/h7,9,11,16,19H,5-6,8H2,1-4H3. The van der Waals surface area contributed by atoms with Gasteiger partial charge < -0.3 is 15.3 Å². The topological polar surface area (TPSA) is 70.4 Å². The van der Waals surface area contributed by atoms with Crippen molar-refractivity contribution in [1.29, 1.82) is 0 Å². The molecular formula is C13H23ClN4O2. The molecule has 0 aromatic carbocycles. The zero-order valence-corrected chi connectivity index (χ0v) is 13.2. The van der Waals surface area contributed by atoms with Crippen molar-refractivity contribution in [3.05, 3.63) is 21.6 Å². The van der Waals surface area contributed by atoms with Crippen LogP contribution in [0.2, 0.25) is 5.02 Å². The minimum absolute atomic E-state index is 0.109. The lowest BCUT2D eigenvalue weighted by molar-refractivity contribution is 0.266. The molecule has 0 aliphatic rings. The molecular weight excluding hydrogens is 280 g/mol. The van der Waals surface area contributed by atoms with Crippen LogP contribution in [0.4, 0.5) is 5.69 Å². The van der Waals surface area contributed by atoms with Gasteiger partial charge in [0, 0.05) is 12.6 Å². The van der Waals surface area contributed by atoms with Crippen molar-refractivity contribution in [2.45, 2.75) is 26.4 Å². The number of hydrogen-bond acceptors (Lipinski definition) is 5. The molecule has 1 heterocycles. The normalized spacial score (nSPS) is 13.0. The number of nitrogens with zero attached hydrogens (tertiary/aromatic N) is 3. The highest BCUT2D eigenvalue weighted by molar-refractivity contribution is 6.32. The van der Waals surface area contributed by atoms with Gasteiger partial charge in [0.1, 0.15) is 5.02 Å². The van der Waals surface area contributed by atoms with Crippen molar-refractivity contribution < 1.29 is 5.11 Å². The molecule has 1 atom stereocenters. The van der Waals surface area contributed by atoms with Crippen LogP contribution in [0.25, 0.3) is 0 Å². The first-order valence-electron chi connectivity index (χ1n) is 6.64. The minimum atomic E-state index is -0.391. The van der Waals surface area contributed by atoms with Gasteiger partial charge in [-0.05, 0) is 20.0 Å². The molecule has 0 spiro atoms. The van der Waals surface area contributed by atoms with E-state index >= 15 is 0 Å². The minimum Gasteiger partial charge on any atom is -0.394 e. The molecule has 6 nitrogen and oxygen atoms in total. The third kappa shape index (κ3) is 4.47. The number of aliphatic hydroxyl groups is 1. The average molecular weight is 303 g/mol. The van der Waals surface area contributed by atoms with Crippen LogP contribution in [-0.2, 0) is 6.54 Å². The molecule has 0 amide bonds. The van der Waals surface area contributed by atoms with Gasteiger partial charge in [0.15, 0.2) is 0 Å². The highest BCUT2D eigenvalue weighted by Crippen LogP contribution is 2.19. The molecule has 0 saturated heterocycles. The number of rotatable bonds is 7. The van der Waals surface area contributed by atoms with Gasteiger partial charge in [-0.25, -0.2) is 4.68 Å². The Hall–Kier alpha value is -1.11. The van der Waals surface area contributed by atoms with E-state index in [-0.39, 0.29) is 24.2 Å². The number of hydrogen-bond donors (Lipinski definition) is 2. The fourth-order valence-corrected chi connectivity index (χ4v) is 2.04. The Bertz CT molecular complexity index is 488. The number of aliphatic hydroxyl groups excluding tert-OH is 1. The molecule has 7 heteroatoms. The van der Waals surface area contributed by atoms with Gasteiger partial charge in [-0.1, -0.05) is 25.4 Å². The number of anilines is 1. The van der Waals surface area contributed by atoms with E-state index in [1.807, 2.05) is 14.1 Å². The summed E-state index contributed by atoms with van der Waals surface area (Å²) in [7, 11) is 3.99. The third-order valence-corrected chi connectivity index (χ3v) is 3.37. The van der Waals surface area contributed by atoms with E-state index in [0.717, 1.165) is 11.2 Å². The lowest BCUT2D eigenvalue weighted by Crippen LogP contribution is -2.37. The maximum Gasteiger partial charge on any atom is 0.287 e. The smallest absolute Gasteiger partial charge is 0.287 e. The van der Waals surface area contributed by atoms with Gasteiger partial charge in [-0.15, -0.1) is 0 Å². The molecule has 1 aromatic heterocycles. The second-order valence-electron chi connectivity index (χ2n) is 5.38. The van der Waals surface area contributed by atoms with Crippen LogP contribution in [0.15, 0.2) is 11.0 Å². The molecule has 0 fully saturated rings. The van der Waals surface area contributed by atoms with Crippen LogP contribution in [0.3, 0.4) is 0 Å². The maximum absolute atomic E-state index is 12.0. The summed E-state index contributed by atoms with van der Waals surface area (Å²) in [5.41, 5.74) is 0.143. The molecule has 1 unspecified atom stereocenters. The fourth-order valence-electron chi connectivity index (χ4n) is 1.84. The lowest BCUT2D eigenvalue weighted by Gasteiger charge is -2.26. The van der Waals surface area contributed by atoms with E-state index in [1.165, 1.54) is 6.20 Å². The Morgan fingerprint density at radius 3 is 2.65 bits per heavy atom. The van der Waals surface area contributed by atoms with Crippen molar-refractivity contribution in [2.75, 3.05) is 32.6 Å². The average Bonchev–Trinajstić information content (AvgIpc) is 2.36. The van der Waals surface area contributed by atoms with Gasteiger partial charge in [0.05, 0.1) is 25.0 Å². The van der Waals surface area contributed by atoms with Gasteiger partial charge >= 0.3 is 0 Å². The van der Waals surface area contributed by atoms with Crippen LogP contribution in [0.1, 0.15) is 13.8 Å². The van der Waals surface area contributed by atoms with Crippen molar-refractivity contribution in [3.63, 3.8) is 0 Å². The van der Waals surface area contributed by atoms with E-state index in [4.69, 9.17) is 16.7 Å². The molecule has 0 saturated carbocycles. The summed E-state index contributed by atoms with van der Waals surface area (Å²) >= 11 is 6.09. The summed E-state index contributed by atoms with van der Waals surface area (Å²) < 4.78 is 1.16. The molecule has 0 bridgehead atoms. The third-order valence-electron chi connectivity index (χ3n) is 3.00. The Morgan fingerprint density at radius 1 is 1.50 bits per heavy atom. The zero-order valence-electron chi connectivity index (χ0n) is 12.4. The first kappa shape index (κ1) is 16.9. The predicted molar refractivity (Wildman–Crippen MR) is 81.4 cm³/mol. The van der Waals surface area contributed by atoms with E-state index in [9.17, 15) is 4.79 Å². The van der Waals surface area contributed by atoms with Gasteiger partial charge in [0.25, 0.3) is 5.56 Å². The molecule has 1 aromatic rings. The SMILES string of the molecule is CC(C)C(CN(C)C)Nc1cnn(CCO)c(=O)c1Cl. The summed E-state index contributed by atoms with van der Waals surface area (Å²) in [4.78, 5) is 14.0. The Morgan fingerprint density at radius 2 is 2.15 bits per heavy atom. The van der Waals surface area contributed by atoms with E-state index < -0.39 is 5.56 Å². The molecule has 0 aliphatic carbocycles. The molecule has 20 heavy (non-hydrogen) atoms. The summed E-state index contributed by atoms with van der Waals surface area (Å²) in [5, 5.41) is 16.2. The molecule has 114 valence electrons. The second-order valence-corrected chi connectivity index (χ2v) is 5.76. The van der Waals surface area contributed by atoms with Crippen LogP contribution in [-0.4, -0.2) is 53.1 Å². The summed E-state index contributed by atoms with van der Waals surface area (Å²) in [6.45, 7) is 5.04. The van der Waals surface area contributed by atoms with Gasteiger partial charge in [-0.3, -0.25) is 4.79 Å². The molecule has 2 N–H and O–H groups in total. The lowest BCUT2D eigenvalue weighted by atomic mass is 10.0. The molecule has 1 rings (SSSR count). The van der Waals surface area contributed by atoms with E-state index in [1.54, 1.807) is 0 Å². The van der Waals surface area contributed by atoms with Crippen LogP contribution < -0.4 is 10.9 Å². The molecule has 0 radical (unpaired) electrons. The quantitative estimate of drug-likeness (QED) is 0.783. The summed E-state index contributed by atoms with van der Waals surface area (Å²) in [6.07, 6.45) is 1.53. The Labute approximate surface area is 124 Å². The second kappa shape index (κ2) is 7.61. The van der Waals surface area contributed by atoms with Crippen LogP contribution >= 0.6 is 11.6 Å².